The summed E-state index contributed by atoms with van der Waals surface area (Å²) in [6.45, 7) is 5.03. The summed E-state index contributed by atoms with van der Waals surface area (Å²) in [6.07, 6.45) is 0.547. The highest BCUT2D eigenvalue weighted by molar-refractivity contribution is 7.99. The first-order valence-electron chi connectivity index (χ1n) is 20.1. The Hall–Kier alpha value is -5.83. The molecule has 12 nitrogen and oxygen atoms in total. The van der Waals surface area contributed by atoms with Gasteiger partial charge in [-0.15, -0.1) is 11.3 Å². The summed E-state index contributed by atoms with van der Waals surface area (Å²) < 4.78 is 11.2. The molecule has 5 amide bonds. The quantitative estimate of drug-likeness (QED) is 0.0389. The Morgan fingerprint density at radius 1 is 0.836 bits per heavy atom. The highest BCUT2D eigenvalue weighted by Gasteiger charge is 2.29. The third-order valence-corrected chi connectivity index (χ3v) is 12.4. The van der Waals surface area contributed by atoms with E-state index in [2.05, 4.69) is 56.1 Å². The number of nitrogens with one attached hydrogen (secondary N) is 5. The van der Waals surface area contributed by atoms with Crippen molar-refractivity contribution in [3.8, 4) is 16.9 Å². The maximum absolute atomic E-state index is 13.6. The van der Waals surface area contributed by atoms with Crippen molar-refractivity contribution in [3.05, 3.63) is 146 Å². The van der Waals surface area contributed by atoms with Gasteiger partial charge in [0.05, 0.1) is 23.2 Å². The molecule has 1 aliphatic rings. The Bertz CT molecular complexity index is 2270. The molecule has 0 bridgehead atoms. The number of hydrogen-bond acceptors (Lipinski definition) is 9. The van der Waals surface area contributed by atoms with Crippen molar-refractivity contribution in [3.63, 3.8) is 0 Å². The number of rotatable bonds is 20. The molecule has 1 aliphatic carbocycles. The van der Waals surface area contributed by atoms with E-state index < -0.39 is 18.2 Å². The molecule has 0 fully saturated rings. The number of urea groups is 1. The zero-order valence-corrected chi connectivity index (χ0v) is 36.4. The van der Waals surface area contributed by atoms with Crippen LogP contribution >= 0.6 is 34.7 Å². The van der Waals surface area contributed by atoms with Gasteiger partial charge in [0.2, 0.25) is 0 Å². The second-order valence-corrected chi connectivity index (χ2v) is 16.6. The van der Waals surface area contributed by atoms with Crippen LogP contribution in [0.5, 0.6) is 5.75 Å². The van der Waals surface area contributed by atoms with E-state index in [-0.39, 0.29) is 37.5 Å². The van der Waals surface area contributed by atoms with Gasteiger partial charge in [-0.05, 0) is 83.5 Å². The van der Waals surface area contributed by atoms with E-state index in [0.717, 1.165) is 38.3 Å². The largest absolute Gasteiger partial charge is 0.484 e. The Labute approximate surface area is 369 Å². The minimum Gasteiger partial charge on any atom is -0.484 e. The van der Waals surface area contributed by atoms with E-state index >= 15 is 0 Å². The summed E-state index contributed by atoms with van der Waals surface area (Å²) >= 11 is 9.25. The summed E-state index contributed by atoms with van der Waals surface area (Å²) in [4.78, 5) is 52.2. The molecule has 5 N–H and O–H groups in total. The molecule has 15 heteroatoms. The van der Waals surface area contributed by atoms with Crippen molar-refractivity contribution in [2.75, 3.05) is 32.1 Å². The molecule has 5 aromatic rings. The van der Waals surface area contributed by atoms with E-state index in [1.165, 1.54) is 11.3 Å². The zero-order chi connectivity index (χ0) is 43.0. The molecule has 61 heavy (non-hydrogen) atoms. The van der Waals surface area contributed by atoms with E-state index in [4.69, 9.17) is 21.1 Å². The third kappa shape index (κ3) is 12.8. The fourth-order valence-electron chi connectivity index (χ4n) is 6.78. The van der Waals surface area contributed by atoms with Gasteiger partial charge in [0, 0.05) is 40.4 Å². The summed E-state index contributed by atoms with van der Waals surface area (Å²) in [7, 11) is 0. The summed E-state index contributed by atoms with van der Waals surface area (Å²) in [5.74, 6) is 1.08. The Morgan fingerprint density at radius 3 is 2.25 bits per heavy atom. The first-order valence-corrected chi connectivity index (χ1v) is 22.5. The van der Waals surface area contributed by atoms with E-state index in [9.17, 15) is 19.2 Å². The number of thiophene rings is 1. The van der Waals surface area contributed by atoms with E-state index in [1.807, 2.05) is 74.5 Å². The van der Waals surface area contributed by atoms with Gasteiger partial charge in [-0.3, -0.25) is 9.59 Å². The topological polar surface area (TPSA) is 159 Å². The Balaban J connectivity index is 1.00. The van der Waals surface area contributed by atoms with Gasteiger partial charge < -0.3 is 30.7 Å². The highest BCUT2D eigenvalue weighted by atomic mass is 35.5. The van der Waals surface area contributed by atoms with Crippen LogP contribution in [-0.2, 0) is 28.2 Å². The molecule has 4 aromatic carbocycles. The van der Waals surface area contributed by atoms with Crippen molar-refractivity contribution in [2.24, 2.45) is 5.10 Å². The lowest BCUT2D eigenvalue weighted by molar-refractivity contribution is -0.122. The van der Waals surface area contributed by atoms with Gasteiger partial charge in [-0.1, -0.05) is 97.4 Å². The van der Waals surface area contributed by atoms with Crippen LogP contribution in [-0.4, -0.2) is 67.7 Å². The zero-order valence-electron chi connectivity index (χ0n) is 34.0. The number of hydrazone groups is 1. The van der Waals surface area contributed by atoms with Gasteiger partial charge in [-0.25, -0.2) is 15.0 Å². The average molecular weight is 882 g/mol. The molecule has 0 unspecified atom stereocenters. The number of likely N-dealkylation sites (N-methyl/N-ethyl adjacent to an activating group) is 1. The monoisotopic (exact) mass is 880 g/mol. The van der Waals surface area contributed by atoms with Crippen LogP contribution in [0.15, 0.2) is 114 Å². The van der Waals surface area contributed by atoms with Crippen LogP contribution in [0.3, 0.4) is 0 Å². The molecule has 1 heterocycles. The third-order valence-electron chi connectivity index (χ3n) is 9.88. The second kappa shape index (κ2) is 22.7. The maximum atomic E-state index is 13.6. The molecular weight excluding hydrogens is 832 g/mol. The van der Waals surface area contributed by atoms with Crippen LogP contribution in [0, 0.1) is 0 Å². The fourth-order valence-corrected chi connectivity index (χ4v) is 8.96. The number of halogens is 1. The lowest BCUT2D eigenvalue weighted by atomic mass is 9.98. The minimum atomic E-state index is -0.533. The van der Waals surface area contributed by atoms with Gasteiger partial charge in [0.1, 0.15) is 12.4 Å². The lowest BCUT2D eigenvalue weighted by Gasteiger charge is -2.19. The van der Waals surface area contributed by atoms with Gasteiger partial charge >= 0.3 is 12.1 Å². The normalized spacial score (nSPS) is 12.4. The number of fused-ring (bicyclic) bond motifs is 3. The van der Waals surface area contributed by atoms with Crippen molar-refractivity contribution in [1.29, 1.82) is 0 Å². The minimum absolute atomic E-state index is 0.0431. The molecule has 1 atom stereocenters. The SMILES string of the molecule is CCNC(=O)COc1ccc(CCNC(=O)N/N=C(/CSCc2ccccc2Cl)[C@H](CC)NC(=O)c2ccc(CNC(=O)OCC3c4ccccc4-c4ccccc43)s2)cc1. The molecule has 1 aromatic heterocycles. The van der Waals surface area contributed by atoms with Crippen LogP contribution in [0.1, 0.15) is 63.0 Å². The number of carbonyl (C=O) groups is 4. The van der Waals surface area contributed by atoms with Crippen molar-refractivity contribution >= 4 is 64.4 Å². The summed E-state index contributed by atoms with van der Waals surface area (Å²) in [5, 5.41) is 16.6. The van der Waals surface area contributed by atoms with Crippen LogP contribution in [0.2, 0.25) is 5.02 Å². The standard InChI is InChI=1S/C46H49ClN6O6S2/c1-3-40(51-44(55)42-22-21-33(61-42)25-50-46(57)59-26-38-36-14-8-6-12-34(36)35-13-7-9-15-37(35)38)41(29-60-28-31-11-5-10-16-39(31)47)52-53-45(56)49-24-23-30-17-19-32(20-18-30)58-27-43(54)48-4-2/h5-22,38,40H,3-4,23-29H2,1-2H3,(H,48,54)(H,50,57)(H,51,55)(H2,49,53,56)/b52-41-/t40-/m0/s1. The summed E-state index contributed by atoms with van der Waals surface area (Å²) in [6, 6.07) is 33.9. The van der Waals surface area contributed by atoms with Crippen molar-refractivity contribution < 1.29 is 28.7 Å². The predicted octanol–water partition coefficient (Wildman–Crippen LogP) is 8.29. The van der Waals surface area contributed by atoms with Crippen LogP contribution in [0.25, 0.3) is 11.1 Å². The Morgan fingerprint density at radius 2 is 1.54 bits per heavy atom. The second-order valence-electron chi connectivity index (χ2n) is 14.1. The van der Waals surface area contributed by atoms with E-state index in [1.54, 1.807) is 36.0 Å². The smallest absolute Gasteiger partial charge is 0.407 e. The predicted molar refractivity (Wildman–Crippen MR) is 244 cm³/mol. The molecule has 0 saturated carbocycles. The number of amides is 5. The summed E-state index contributed by atoms with van der Waals surface area (Å²) in [5.41, 5.74) is 9.74. The number of hydrogen-bond donors (Lipinski definition) is 5. The molecule has 0 radical (unpaired) electrons. The highest BCUT2D eigenvalue weighted by Crippen LogP contribution is 2.44. The molecule has 6 rings (SSSR count). The lowest BCUT2D eigenvalue weighted by Crippen LogP contribution is -2.43. The molecular formula is C46H49ClN6O6S2. The number of nitrogens with zero attached hydrogens (tertiary/aromatic N) is 1. The number of carbonyl (C=O) groups excluding carboxylic acids is 4. The molecule has 318 valence electrons. The number of alkyl carbamates (subject to hydrolysis) is 1. The van der Waals surface area contributed by atoms with Gasteiger partial charge in [0.25, 0.3) is 11.8 Å². The van der Waals surface area contributed by atoms with Gasteiger partial charge in [-0.2, -0.15) is 16.9 Å². The molecule has 0 aliphatic heterocycles. The maximum Gasteiger partial charge on any atom is 0.407 e. The Kier molecular flexibility index (Phi) is 16.6. The van der Waals surface area contributed by atoms with E-state index in [0.29, 0.717) is 58.8 Å². The first-order chi connectivity index (χ1) is 29.7. The average Bonchev–Trinajstić information content (AvgIpc) is 3.89. The molecule has 0 spiro atoms. The van der Waals surface area contributed by atoms with Gasteiger partial charge in [0.15, 0.2) is 6.61 Å². The van der Waals surface area contributed by atoms with Crippen molar-refractivity contribution in [1.82, 2.24) is 26.7 Å². The van der Waals surface area contributed by atoms with Crippen molar-refractivity contribution in [2.45, 2.75) is 50.9 Å². The first kappa shape index (κ1) is 44.7. The fraction of sp³-hybridized carbons (Fsp3) is 0.283. The number of thioether (sulfide) groups is 1. The van der Waals surface area contributed by atoms with Crippen LogP contribution in [0.4, 0.5) is 9.59 Å². The number of ether oxygens (including phenoxy) is 2. The molecule has 0 saturated heterocycles. The van der Waals surface area contributed by atoms with Crippen LogP contribution < -0.4 is 31.4 Å². The number of benzene rings is 4.